The fourth-order valence-electron chi connectivity index (χ4n) is 1.24. The number of ether oxygens (including phenoxy) is 2. The highest BCUT2D eigenvalue weighted by atomic mass is 32.2. The third-order valence-corrected chi connectivity index (χ3v) is 3.13. The fourth-order valence-corrected chi connectivity index (χ4v) is 2.07. The minimum Gasteiger partial charge on any atom is -0.437 e. The Bertz CT molecular complexity index is 557. The number of nitrogens with zero attached hydrogens (tertiary/aromatic N) is 2. The molecule has 100 valence electrons. The zero-order valence-electron chi connectivity index (χ0n) is 9.94. The molecule has 0 atom stereocenters. The second-order valence-corrected chi connectivity index (χ2v) is 4.39. The van der Waals surface area contributed by atoms with Crippen LogP contribution in [-0.2, 0) is 10.5 Å². The SMILES string of the molecule is COC(=O)Oc1c(CSc2ccccc2)no[n+]1[O-]. The number of aromatic nitrogens is 2. The number of hydrogen-bond acceptors (Lipinski definition) is 7. The normalized spacial score (nSPS) is 10.2. The molecule has 0 unspecified atom stereocenters. The number of rotatable bonds is 4. The van der Waals surface area contributed by atoms with E-state index in [2.05, 4.69) is 19.3 Å². The Balaban J connectivity index is 2.06. The number of thioether (sulfide) groups is 1. The maximum Gasteiger partial charge on any atom is 0.516 e. The monoisotopic (exact) mass is 282 g/mol. The minimum absolute atomic E-state index is 0.0256. The van der Waals surface area contributed by atoms with Gasteiger partial charge in [-0.25, -0.2) is 4.79 Å². The topological polar surface area (TPSA) is 88.5 Å². The van der Waals surface area contributed by atoms with Crippen molar-refractivity contribution in [1.82, 2.24) is 5.16 Å². The van der Waals surface area contributed by atoms with Crippen molar-refractivity contribution in [3.8, 4) is 5.88 Å². The molecule has 0 fully saturated rings. The van der Waals surface area contributed by atoms with E-state index in [1.165, 1.54) is 11.8 Å². The lowest BCUT2D eigenvalue weighted by atomic mass is 10.4. The summed E-state index contributed by atoms with van der Waals surface area (Å²) >= 11 is 1.43. The average molecular weight is 282 g/mol. The molecular formula is C11H10N2O5S. The van der Waals surface area contributed by atoms with Crippen LogP contribution >= 0.6 is 11.8 Å². The molecule has 2 aromatic rings. The lowest BCUT2D eigenvalue weighted by Gasteiger charge is -1.99. The standard InChI is InChI=1S/C11H10N2O5S/c1-16-11(14)17-10-9(12-18-13(10)15)7-19-8-5-3-2-4-6-8/h2-6H,7H2,1H3. The van der Waals surface area contributed by atoms with Crippen molar-refractivity contribution < 1.29 is 23.8 Å². The maximum atomic E-state index is 11.2. The Kier molecular flexibility index (Phi) is 4.24. The van der Waals surface area contributed by atoms with E-state index in [9.17, 15) is 10.0 Å². The molecule has 0 N–H and O–H groups in total. The van der Waals surface area contributed by atoms with Gasteiger partial charge in [-0.3, -0.25) is 4.63 Å². The van der Waals surface area contributed by atoms with E-state index in [1.807, 2.05) is 30.3 Å². The van der Waals surface area contributed by atoms with Crippen molar-refractivity contribution in [2.24, 2.45) is 0 Å². The van der Waals surface area contributed by atoms with E-state index in [1.54, 1.807) is 0 Å². The smallest absolute Gasteiger partial charge is 0.437 e. The molecular weight excluding hydrogens is 272 g/mol. The molecule has 0 aliphatic heterocycles. The molecule has 0 aliphatic carbocycles. The summed E-state index contributed by atoms with van der Waals surface area (Å²) in [5.41, 5.74) is 0.231. The van der Waals surface area contributed by atoms with Gasteiger partial charge in [-0.05, 0) is 17.0 Å². The van der Waals surface area contributed by atoms with Gasteiger partial charge < -0.3 is 14.7 Å². The molecule has 0 saturated carbocycles. The third-order valence-electron chi connectivity index (χ3n) is 2.10. The summed E-state index contributed by atoms with van der Waals surface area (Å²) in [4.78, 5) is 12.0. The van der Waals surface area contributed by atoms with Gasteiger partial charge in [0.2, 0.25) is 0 Å². The first-order valence-electron chi connectivity index (χ1n) is 5.23. The van der Waals surface area contributed by atoms with E-state index >= 15 is 0 Å². The molecule has 8 heteroatoms. The third kappa shape index (κ3) is 3.38. The first kappa shape index (κ1) is 13.2. The zero-order chi connectivity index (χ0) is 13.7. The van der Waals surface area contributed by atoms with E-state index in [-0.39, 0.29) is 16.5 Å². The predicted molar refractivity (Wildman–Crippen MR) is 64.5 cm³/mol. The molecule has 7 nitrogen and oxygen atoms in total. The largest absolute Gasteiger partial charge is 0.516 e. The second kappa shape index (κ2) is 6.10. The van der Waals surface area contributed by atoms with E-state index < -0.39 is 6.16 Å². The van der Waals surface area contributed by atoms with Crippen LogP contribution in [0.25, 0.3) is 0 Å². The Hall–Kier alpha value is -2.22. The Morgan fingerprint density at radius 2 is 2.21 bits per heavy atom. The zero-order valence-corrected chi connectivity index (χ0v) is 10.8. The first-order chi connectivity index (χ1) is 9.20. The minimum atomic E-state index is -1.00. The van der Waals surface area contributed by atoms with Gasteiger partial charge in [0.15, 0.2) is 0 Å². The number of carbonyl (C=O) groups is 1. The molecule has 1 heterocycles. The summed E-state index contributed by atoms with van der Waals surface area (Å²) in [5.74, 6) is 0.0185. The number of methoxy groups -OCH3 is 1. The quantitative estimate of drug-likeness (QED) is 0.479. The van der Waals surface area contributed by atoms with Gasteiger partial charge in [0.25, 0.3) is 5.69 Å². The molecule has 0 bridgehead atoms. The van der Waals surface area contributed by atoms with Crippen LogP contribution in [0.3, 0.4) is 0 Å². The van der Waals surface area contributed by atoms with Crippen molar-refractivity contribution in [3.63, 3.8) is 0 Å². The maximum absolute atomic E-state index is 11.2. The van der Waals surface area contributed by atoms with Gasteiger partial charge in [0.05, 0.1) is 12.9 Å². The van der Waals surface area contributed by atoms with Crippen molar-refractivity contribution in [3.05, 3.63) is 41.2 Å². The molecule has 0 amide bonds. The van der Waals surface area contributed by atoms with Gasteiger partial charge in [-0.1, -0.05) is 18.2 Å². The molecule has 0 spiro atoms. The van der Waals surface area contributed by atoms with Crippen LogP contribution in [0.5, 0.6) is 5.88 Å². The van der Waals surface area contributed by atoms with E-state index in [0.717, 1.165) is 12.0 Å². The summed E-state index contributed by atoms with van der Waals surface area (Å²) in [7, 11) is 1.14. The van der Waals surface area contributed by atoms with Gasteiger partial charge in [-0.2, -0.15) is 0 Å². The van der Waals surface area contributed by atoms with Crippen LogP contribution in [0.4, 0.5) is 4.79 Å². The number of hydrogen-bond donors (Lipinski definition) is 0. The van der Waals surface area contributed by atoms with Crippen molar-refractivity contribution in [1.29, 1.82) is 0 Å². The van der Waals surface area contributed by atoms with Crippen molar-refractivity contribution in [2.45, 2.75) is 10.6 Å². The van der Waals surface area contributed by atoms with Gasteiger partial charge in [0, 0.05) is 10.1 Å². The van der Waals surface area contributed by atoms with Gasteiger partial charge in [-0.15, -0.1) is 11.8 Å². The Labute approximate surface area is 112 Å². The van der Waals surface area contributed by atoms with E-state index in [0.29, 0.717) is 5.75 Å². The van der Waals surface area contributed by atoms with Gasteiger partial charge in [0.1, 0.15) is 0 Å². The molecule has 1 aromatic carbocycles. The Morgan fingerprint density at radius 1 is 1.47 bits per heavy atom. The molecule has 19 heavy (non-hydrogen) atoms. The van der Waals surface area contributed by atoms with Crippen LogP contribution in [0.15, 0.2) is 39.9 Å². The fraction of sp³-hybridized carbons (Fsp3) is 0.182. The molecule has 1 aromatic heterocycles. The summed E-state index contributed by atoms with van der Waals surface area (Å²) in [6.45, 7) is 0. The first-order valence-corrected chi connectivity index (χ1v) is 6.21. The molecule has 2 rings (SSSR count). The summed E-state index contributed by atoms with van der Waals surface area (Å²) in [5, 5.41) is 14.8. The average Bonchev–Trinajstić information content (AvgIpc) is 2.78. The summed E-state index contributed by atoms with van der Waals surface area (Å²) in [6.07, 6.45) is -1.00. The van der Waals surface area contributed by atoms with Crippen LogP contribution in [0.2, 0.25) is 0 Å². The van der Waals surface area contributed by atoms with Crippen LogP contribution in [0, 0.1) is 5.21 Å². The number of benzene rings is 1. The molecule has 0 aliphatic rings. The number of carbonyl (C=O) groups excluding carboxylic acids is 1. The van der Waals surface area contributed by atoms with Gasteiger partial charge >= 0.3 is 12.0 Å². The second-order valence-electron chi connectivity index (χ2n) is 3.34. The summed E-state index contributed by atoms with van der Waals surface area (Å²) < 4.78 is 13.4. The predicted octanol–water partition coefficient (Wildman–Crippen LogP) is 1.75. The van der Waals surface area contributed by atoms with Crippen molar-refractivity contribution in [2.75, 3.05) is 7.11 Å². The van der Waals surface area contributed by atoms with E-state index in [4.69, 9.17) is 0 Å². The van der Waals surface area contributed by atoms with Crippen LogP contribution in [-0.4, -0.2) is 18.4 Å². The lowest BCUT2D eigenvalue weighted by molar-refractivity contribution is -0.804. The lowest BCUT2D eigenvalue weighted by Crippen LogP contribution is -2.27. The van der Waals surface area contributed by atoms with Crippen LogP contribution in [0.1, 0.15) is 5.69 Å². The Morgan fingerprint density at radius 3 is 2.89 bits per heavy atom. The van der Waals surface area contributed by atoms with Crippen LogP contribution < -0.4 is 9.64 Å². The molecule has 0 saturated heterocycles. The highest BCUT2D eigenvalue weighted by molar-refractivity contribution is 7.98. The summed E-state index contributed by atoms with van der Waals surface area (Å²) in [6, 6.07) is 9.51. The highest BCUT2D eigenvalue weighted by Gasteiger charge is 2.24. The highest BCUT2D eigenvalue weighted by Crippen LogP contribution is 2.24. The van der Waals surface area contributed by atoms with Crippen molar-refractivity contribution >= 4 is 17.9 Å². The molecule has 0 radical (unpaired) electrons.